The molecule has 1 aromatic carbocycles. The SMILES string of the molecule is CCc1ccc(C)c2c1C=C(C)C2. The summed E-state index contributed by atoms with van der Waals surface area (Å²) in [6.45, 7) is 6.66. The van der Waals surface area contributed by atoms with Gasteiger partial charge in [0.2, 0.25) is 0 Å². The van der Waals surface area contributed by atoms with Gasteiger partial charge in [-0.2, -0.15) is 0 Å². The highest BCUT2D eigenvalue weighted by atomic mass is 14.2. The van der Waals surface area contributed by atoms with Crippen molar-refractivity contribution in [3.8, 4) is 0 Å². The van der Waals surface area contributed by atoms with Gasteiger partial charge >= 0.3 is 0 Å². The third-order valence-electron chi connectivity index (χ3n) is 2.91. The van der Waals surface area contributed by atoms with E-state index in [0.29, 0.717) is 0 Å². The molecule has 0 bridgehead atoms. The molecule has 0 aliphatic heterocycles. The molecule has 2 rings (SSSR count). The van der Waals surface area contributed by atoms with E-state index < -0.39 is 0 Å². The second-order valence-electron chi connectivity index (χ2n) is 3.95. The number of fused-ring (bicyclic) bond motifs is 1. The van der Waals surface area contributed by atoms with Crippen molar-refractivity contribution in [1.82, 2.24) is 0 Å². The monoisotopic (exact) mass is 172 g/mol. The lowest BCUT2D eigenvalue weighted by molar-refractivity contribution is 1.10. The summed E-state index contributed by atoms with van der Waals surface area (Å²) in [5.74, 6) is 0. The molecule has 0 heterocycles. The Bertz CT molecular complexity index is 370. The van der Waals surface area contributed by atoms with Crippen LogP contribution in [0, 0.1) is 6.92 Å². The molecule has 0 spiro atoms. The van der Waals surface area contributed by atoms with Gasteiger partial charge in [0.15, 0.2) is 0 Å². The topological polar surface area (TPSA) is 0 Å². The van der Waals surface area contributed by atoms with Crippen LogP contribution in [0.15, 0.2) is 17.7 Å². The fourth-order valence-corrected chi connectivity index (χ4v) is 2.12. The third-order valence-corrected chi connectivity index (χ3v) is 2.91. The lowest BCUT2D eigenvalue weighted by Crippen LogP contribution is -1.93. The van der Waals surface area contributed by atoms with Crippen molar-refractivity contribution < 1.29 is 0 Å². The molecule has 0 atom stereocenters. The lowest BCUT2D eigenvalue weighted by Gasteiger charge is -2.08. The molecule has 0 saturated heterocycles. The number of hydrogen-bond donors (Lipinski definition) is 0. The number of benzene rings is 1. The third kappa shape index (κ3) is 1.31. The summed E-state index contributed by atoms with van der Waals surface area (Å²) in [5.41, 5.74) is 7.49. The Morgan fingerprint density at radius 1 is 1.23 bits per heavy atom. The molecule has 0 fully saturated rings. The van der Waals surface area contributed by atoms with Crippen LogP contribution in [0.5, 0.6) is 0 Å². The van der Waals surface area contributed by atoms with Gasteiger partial charge in [-0.1, -0.05) is 30.7 Å². The second-order valence-corrected chi connectivity index (χ2v) is 3.95. The minimum Gasteiger partial charge on any atom is -0.0683 e. The van der Waals surface area contributed by atoms with E-state index in [2.05, 4.69) is 39.0 Å². The van der Waals surface area contributed by atoms with Crippen LogP contribution in [0.2, 0.25) is 0 Å². The Hall–Kier alpha value is -1.04. The summed E-state index contributed by atoms with van der Waals surface area (Å²) in [6.07, 6.45) is 4.66. The molecule has 0 heteroatoms. The Morgan fingerprint density at radius 3 is 2.69 bits per heavy atom. The van der Waals surface area contributed by atoms with E-state index >= 15 is 0 Å². The molecule has 0 nitrogen and oxygen atoms in total. The van der Waals surface area contributed by atoms with Crippen LogP contribution >= 0.6 is 0 Å². The van der Waals surface area contributed by atoms with Crippen molar-refractivity contribution >= 4 is 6.08 Å². The summed E-state index contributed by atoms with van der Waals surface area (Å²) in [5, 5.41) is 0. The minimum atomic E-state index is 1.15. The summed E-state index contributed by atoms with van der Waals surface area (Å²) in [4.78, 5) is 0. The van der Waals surface area contributed by atoms with Crippen molar-refractivity contribution in [2.75, 3.05) is 0 Å². The largest absolute Gasteiger partial charge is 0.0683 e. The quantitative estimate of drug-likeness (QED) is 0.608. The van der Waals surface area contributed by atoms with Gasteiger partial charge in [0.1, 0.15) is 0 Å². The highest BCUT2D eigenvalue weighted by Crippen LogP contribution is 2.30. The standard InChI is InChI=1S/C13H16/c1-4-11-6-5-10(3)12-7-9(2)8-13(11)12/h5-6,8H,4,7H2,1-3H3. The van der Waals surface area contributed by atoms with Crippen molar-refractivity contribution in [3.63, 3.8) is 0 Å². The van der Waals surface area contributed by atoms with Gasteiger partial charge in [-0.15, -0.1) is 0 Å². The van der Waals surface area contributed by atoms with E-state index in [1.165, 1.54) is 22.3 Å². The molecule has 0 aromatic heterocycles. The molecule has 1 aromatic rings. The first-order valence-corrected chi connectivity index (χ1v) is 5.01. The van der Waals surface area contributed by atoms with Crippen LogP contribution in [-0.4, -0.2) is 0 Å². The average molecular weight is 172 g/mol. The predicted molar refractivity (Wildman–Crippen MR) is 57.9 cm³/mol. The first-order chi connectivity index (χ1) is 6.22. The maximum Gasteiger partial charge on any atom is -0.00579 e. The molecule has 13 heavy (non-hydrogen) atoms. The van der Waals surface area contributed by atoms with Gasteiger partial charge in [-0.05, 0) is 48.9 Å². The number of rotatable bonds is 1. The van der Waals surface area contributed by atoms with E-state index in [4.69, 9.17) is 0 Å². The molecule has 0 saturated carbocycles. The van der Waals surface area contributed by atoms with Gasteiger partial charge in [-0.25, -0.2) is 0 Å². The zero-order valence-corrected chi connectivity index (χ0v) is 8.65. The van der Waals surface area contributed by atoms with Gasteiger partial charge in [0, 0.05) is 0 Å². The average Bonchev–Trinajstić information content (AvgIpc) is 2.48. The lowest BCUT2D eigenvalue weighted by atomic mass is 9.97. The Labute approximate surface area is 80.3 Å². The highest BCUT2D eigenvalue weighted by molar-refractivity contribution is 5.68. The maximum absolute atomic E-state index is 2.35. The summed E-state index contributed by atoms with van der Waals surface area (Å²) < 4.78 is 0. The van der Waals surface area contributed by atoms with Crippen LogP contribution in [0.3, 0.4) is 0 Å². The molecular formula is C13H16. The van der Waals surface area contributed by atoms with Crippen LogP contribution in [-0.2, 0) is 12.8 Å². The molecule has 68 valence electrons. The maximum atomic E-state index is 2.35. The van der Waals surface area contributed by atoms with Crippen molar-refractivity contribution in [3.05, 3.63) is 40.0 Å². The van der Waals surface area contributed by atoms with E-state index in [9.17, 15) is 0 Å². The van der Waals surface area contributed by atoms with Crippen LogP contribution < -0.4 is 0 Å². The van der Waals surface area contributed by atoms with Crippen LogP contribution in [0.25, 0.3) is 6.08 Å². The molecule has 0 unspecified atom stereocenters. The Morgan fingerprint density at radius 2 is 2.00 bits per heavy atom. The predicted octanol–water partition coefficient (Wildman–Crippen LogP) is 3.52. The van der Waals surface area contributed by atoms with Gasteiger partial charge in [-0.3, -0.25) is 0 Å². The van der Waals surface area contributed by atoms with E-state index in [0.717, 1.165) is 12.8 Å². The zero-order valence-electron chi connectivity index (χ0n) is 8.65. The van der Waals surface area contributed by atoms with Crippen molar-refractivity contribution in [1.29, 1.82) is 0 Å². The van der Waals surface area contributed by atoms with Crippen LogP contribution in [0.4, 0.5) is 0 Å². The van der Waals surface area contributed by atoms with Crippen molar-refractivity contribution in [2.45, 2.75) is 33.6 Å². The normalized spacial score (nSPS) is 14.2. The van der Waals surface area contributed by atoms with Crippen LogP contribution in [0.1, 0.15) is 36.1 Å². The molecule has 0 N–H and O–H groups in total. The number of allylic oxidation sites excluding steroid dienone is 1. The van der Waals surface area contributed by atoms with E-state index in [1.54, 1.807) is 5.56 Å². The number of hydrogen-bond acceptors (Lipinski definition) is 0. The molecule has 0 radical (unpaired) electrons. The number of aryl methyl sites for hydroxylation is 2. The van der Waals surface area contributed by atoms with E-state index in [-0.39, 0.29) is 0 Å². The van der Waals surface area contributed by atoms with Crippen molar-refractivity contribution in [2.24, 2.45) is 0 Å². The molecule has 0 amide bonds. The fourth-order valence-electron chi connectivity index (χ4n) is 2.12. The summed E-state index contributed by atoms with van der Waals surface area (Å²) >= 11 is 0. The van der Waals surface area contributed by atoms with Gasteiger partial charge < -0.3 is 0 Å². The fraction of sp³-hybridized carbons (Fsp3) is 0.385. The molecular weight excluding hydrogens is 156 g/mol. The minimum absolute atomic E-state index is 1.15. The Balaban J connectivity index is 2.61. The smallest absolute Gasteiger partial charge is 0.00579 e. The second kappa shape index (κ2) is 3.02. The first-order valence-electron chi connectivity index (χ1n) is 5.01. The molecule has 1 aliphatic rings. The first kappa shape index (κ1) is 8.55. The Kier molecular flexibility index (Phi) is 1.99. The van der Waals surface area contributed by atoms with Gasteiger partial charge in [0.05, 0.1) is 0 Å². The summed E-state index contributed by atoms with van der Waals surface area (Å²) in [7, 11) is 0. The summed E-state index contributed by atoms with van der Waals surface area (Å²) in [6, 6.07) is 4.52. The highest BCUT2D eigenvalue weighted by Gasteiger charge is 2.14. The van der Waals surface area contributed by atoms with Gasteiger partial charge in [0.25, 0.3) is 0 Å². The zero-order chi connectivity index (χ0) is 9.42. The van der Waals surface area contributed by atoms with E-state index in [1.807, 2.05) is 0 Å². The molecule has 1 aliphatic carbocycles.